The van der Waals surface area contributed by atoms with Gasteiger partial charge in [-0.25, -0.2) is 4.79 Å². The van der Waals surface area contributed by atoms with Crippen molar-refractivity contribution in [3.05, 3.63) is 11.3 Å². The topological polar surface area (TPSA) is 85.9 Å². The van der Waals surface area contributed by atoms with Crippen LogP contribution in [0.3, 0.4) is 0 Å². The molecule has 0 spiro atoms. The van der Waals surface area contributed by atoms with Crippen molar-refractivity contribution < 1.29 is 9.53 Å². The number of allylic oxidation sites excluding steroid dienone is 2. The number of carbonyl (C=O) groups is 1. The molecule has 0 radical (unpaired) electrons. The molecule has 0 bridgehead atoms. The predicted molar refractivity (Wildman–Crippen MR) is 60.3 cm³/mol. The number of nitriles is 2. The fourth-order valence-electron chi connectivity index (χ4n) is 1.55. The van der Waals surface area contributed by atoms with Crippen molar-refractivity contribution in [1.29, 1.82) is 10.5 Å². The zero-order chi connectivity index (χ0) is 13.1. The molecule has 0 aromatic rings. The first-order chi connectivity index (χ1) is 7.87. The number of nitrogens with zero attached hydrogens (tertiary/aromatic N) is 2. The van der Waals surface area contributed by atoms with E-state index in [0.29, 0.717) is 18.5 Å². The number of rotatable bonds is 1. The third-order valence-corrected chi connectivity index (χ3v) is 2.25. The standard InChI is InChI=1S/C12H15N3O2/c1-12(2,3)17-11(16)10-5-4-9(15-10)8(6-13)7-14/h10,15H,4-5H2,1-3H3/t10-/m0/s1. The molecule has 0 saturated carbocycles. The van der Waals surface area contributed by atoms with Crippen LogP contribution in [0.25, 0.3) is 0 Å². The summed E-state index contributed by atoms with van der Waals surface area (Å²) in [5.74, 6) is -0.345. The highest BCUT2D eigenvalue weighted by Crippen LogP contribution is 2.21. The number of nitrogens with one attached hydrogen (secondary N) is 1. The van der Waals surface area contributed by atoms with Crippen LogP contribution in [0.1, 0.15) is 33.6 Å². The number of hydrogen-bond acceptors (Lipinski definition) is 5. The summed E-state index contributed by atoms with van der Waals surface area (Å²) < 4.78 is 5.23. The van der Waals surface area contributed by atoms with Crippen molar-refractivity contribution in [2.45, 2.75) is 45.3 Å². The van der Waals surface area contributed by atoms with Crippen molar-refractivity contribution in [2.24, 2.45) is 0 Å². The number of ether oxygens (including phenoxy) is 1. The van der Waals surface area contributed by atoms with E-state index in [-0.39, 0.29) is 11.5 Å². The van der Waals surface area contributed by atoms with E-state index < -0.39 is 11.6 Å². The summed E-state index contributed by atoms with van der Waals surface area (Å²) in [6.45, 7) is 5.39. The molecule has 0 aliphatic carbocycles. The van der Waals surface area contributed by atoms with Gasteiger partial charge in [0.2, 0.25) is 0 Å². The molecule has 1 aliphatic rings. The minimum absolute atomic E-state index is 0.0380. The Kier molecular flexibility index (Phi) is 3.75. The molecule has 1 atom stereocenters. The van der Waals surface area contributed by atoms with Crippen molar-refractivity contribution in [3.63, 3.8) is 0 Å². The summed E-state index contributed by atoms with van der Waals surface area (Å²) in [6.07, 6.45) is 1.08. The van der Waals surface area contributed by atoms with Crippen molar-refractivity contribution in [2.75, 3.05) is 0 Å². The summed E-state index contributed by atoms with van der Waals surface area (Å²) in [4.78, 5) is 11.7. The lowest BCUT2D eigenvalue weighted by Crippen LogP contribution is -2.37. The minimum atomic E-state index is -0.529. The van der Waals surface area contributed by atoms with E-state index in [1.165, 1.54) is 0 Å². The molecular formula is C12H15N3O2. The molecule has 5 nitrogen and oxygen atoms in total. The number of hydrogen-bond donors (Lipinski definition) is 1. The summed E-state index contributed by atoms with van der Waals surface area (Å²) in [7, 11) is 0. The monoisotopic (exact) mass is 233 g/mol. The number of carbonyl (C=O) groups excluding carboxylic acids is 1. The largest absolute Gasteiger partial charge is 0.458 e. The lowest BCUT2D eigenvalue weighted by atomic mass is 10.1. The molecule has 1 N–H and O–H groups in total. The van der Waals surface area contributed by atoms with E-state index in [0.717, 1.165) is 0 Å². The lowest BCUT2D eigenvalue weighted by Gasteiger charge is -2.22. The van der Waals surface area contributed by atoms with Crippen molar-refractivity contribution in [1.82, 2.24) is 5.32 Å². The maximum absolute atomic E-state index is 11.7. The Hall–Kier alpha value is -2.01. The van der Waals surface area contributed by atoms with Crippen LogP contribution in [0.4, 0.5) is 0 Å². The van der Waals surface area contributed by atoms with Gasteiger partial charge in [0, 0.05) is 5.70 Å². The zero-order valence-corrected chi connectivity index (χ0v) is 10.2. The highest BCUT2D eigenvalue weighted by molar-refractivity contribution is 5.77. The molecular weight excluding hydrogens is 218 g/mol. The molecule has 17 heavy (non-hydrogen) atoms. The van der Waals surface area contributed by atoms with Crippen molar-refractivity contribution in [3.8, 4) is 12.1 Å². The quantitative estimate of drug-likeness (QED) is 0.546. The summed E-state index contributed by atoms with van der Waals surface area (Å²) in [5, 5.41) is 20.3. The van der Waals surface area contributed by atoms with E-state index in [2.05, 4.69) is 5.32 Å². The fourth-order valence-corrected chi connectivity index (χ4v) is 1.55. The maximum atomic E-state index is 11.7. The first kappa shape index (κ1) is 13.1. The lowest BCUT2D eigenvalue weighted by molar-refractivity contribution is -0.156. The van der Waals surface area contributed by atoms with Gasteiger partial charge in [0.25, 0.3) is 0 Å². The van der Waals surface area contributed by atoms with Gasteiger partial charge in [-0.3, -0.25) is 0 Å². The van der Waals surface area contributed by atoms with Crippen LogP contribution in [0.5, 0.6) is 0 Å². The van der Waals surface area contributed by atoms with Gasteiger partial charge in [-0.1, -0.05) is 0 Å². The first-order valence-corrected chi connectivity index (χ1v) is 5.40. The van der Waals surface area contributed by atoms with Crippen LogP contribution in [0, 0.1) is 22.7 Å². The van der Waals surface area contributed by atoms with E-state index in [1.54, 1.807) is 32.9 Å². The summed E-state index contributed by atoms with van der Waals surface area (Å²) >= 11 is 0. The average Bonchev–Trinajstić information content (AvgIpc) is 2.66. The highest BCUT2D eigenvalue weighted by Gasteiger charge is 2.30. The second-order valence-corrected chi connectivity index (χ2v) is 4.85. The van der Waals surface area contributed by atoms with Gasteiger partial charge in [-0.05, 0) is 33.6 Å². The summed E-state index contributed by atoms with van der Waals surface area (Å²) in [5.41, 5.74) is 0.0420. The van der Waals surface area contributed by atoms with Crippen LogP contribution >= 0.6 is 0 Å². The predicted octanol–water partition coefficient (Wildman–Crippen LogP) is 1.38. The molecule has 1 heterocycles. The second kappa shape index (κ2) is 4.88. The average molecular weight is 233 g/mol. The Morgan fingerprint density at radius 2 is 2.00 bits per heavy atom. The molecule has 1 rings (SSSR count). The molecule has 1 saturated heterocycles. The Morgan fingerprint density at radius 3 is 2.47 bits per heavy atom. The van der Waals surface area contributed by atoms with Gasteiger partial charge in [0.1, 0.15) is 29.4 Å². The Labute approximate surface area is 101 Å². The smallest absolute Gasteiger partial charge is 0.329 e. The van der Waals surface area contributed by atoms with Gasteiger partial charge < -0.3 is 10.1 Å². The van der Waals surface area contributed by atoms with Crippen LogP contribution in [-0.2, 0) is 9.53 Å². The van der Waals surface area contributed by atoms with E-state index >= 15 is 0 Å². The molecule has 5 heteroatoms. The fraction of sp³-hybridized carbons (Fsp3) is 0.583. The second-order valence-electron chi connectivity index (χ2n) is 4.85. The zero-order valence-electron chi connectivity index (χ0n) is 10.2. The SMILES string of the molecule is CC(C)(C)OC(=O)[C@@H]1CCC(=C(C#N)C#N)N1. The normalized spacial score (nSPS) is 18.9. The molecule has 0 unspecified atom stereocenters. The van der Waals surface area contributed by atoms with E-state index in [9.17, 15) is 4.79 Å². The molecule has 0 amide bonds. The first-order valence-electron chi connectivity index (χ1n) is 5.40. The molecule has 1 fully saturated rings. The highest BCUT2D eigenvalue weighted by atomic mass is 16.6. The molecule has 0 aromatic carbocycles. The molecule has 1 aliphatic heterocycles. The van der Waals surface area contributed by atoms with Gasteiger partial charge in [0.05, 0.1) is 0 Å². The van der Waals surface area contributed by atoms with Crippen LogP contribution in [0.15, 0.2) is 11.3 Å². The number of esters is 1. The summed E-state index contributed by atoms with van der Waals surface area (Å²) in [6, 6.07) is 3.15. The van der Waals surface area contributed by atoms with E-state index in [1.807, 2.05) is 0 Å². The maximum Gasteiger partial charge on any atom is 0.329 e. The van der Waals surface area contributed by atoms with Gasteiger partial charge in [-0.2, -0.15) is 10.5 Å². The van der Waals surface area contributed by atoms with Gasteiger partial charge >= 0.3 is 5.97 Å². The third-order valence-electron chi connectivity index (χ3n) is 2.25. The molecule has 90 valence electrons. The van der Waals surface area contributed by atoms with Crippen LogP contribution in [0.2, 0.25) is 0 Å². The van der Waals surface area contributed by atoms with Crippen LogP contribution in [-0.4, -0.2) is 17.6 Å². The Morgan fingerprint density at radius 1 is 1.41 bits per heavy atom. The third kappa shape index (κ3) is 3.49. The molecule has 0 aromatic heterocycles. The Balaban J connectivity index is 2.70. The minimum Gasteiger partial charge on any atom is -0.458 e. The van der Waals surface area contributed by atoms with Crippen molar-refractivity contribution >= 4 is 5.97 Å². The van der Waals surface area contributed by atoms with E-state index in [4.69, 9.17) is 15.3 Å². The van der Waals surface area contributed by atoms with Gasteiger partial charge in [-0.15, -0.1) is 0 Å². The Bertz CT molecular complexity index is 416. The van der Waals surface area contributed by atoms with Gasteiger partial charge in [0.15, 0.2) is 0 Å². The van der Waals surface area contributed by atoms with Crippen LogP contribution < -0.4 is 5.32 Å².